The number of morpholine rings is 1. The summed E-state index contributed by atoms with van der Waals surface area (Å²) in [6.07, 6.45) is 7.77. The third-order valence-electron chi connectivity index (χ3n) is 6.92. The number of hydrogen-bond donors (Lipinski definition) is 1. The van der Waals surface area contributed by atoms with Crippen molar-refractivity contribution < 1.29 is 13.7 Å². The summed E-state index contributed by atoms with van der Waals surface area (Å²) in [5.41, 5.74) is 2.30. The van der Waals surface area contributed by atoms with Crippen molar-refractivity contribution in [3.8, 4) is 0 Å². The Kier molecular flexibility index (Phi) is 4.55. The van der Waals surface area contributed by atoms with E-state index in [1.54, 1.807) is 17.2 Å². The Labute approximate surface area is 190 Å². The van der Waals surface area contributed by atoms with Crippen LogP contribution in [0.25, 0.3) is 11.0 Å². The van der Waals surface area contributed by atoms with Gasteiger partial charge in [0.2, 0.25) is 5.58 Å². The molecule has 0 bridgehead atoms. The van der Waals surface area contributed by atoms with E-state index in [0.717, 1.165) is 11.1 Å². The van der Waals surface area contributed by atoms with Crippen LogP contribution in [0.5, 0.6) is 0 Å². The Balaban J connectivity index is 1.44. The van der Waals surface area contributed by atoms with Crippen LogP contribution in [0.15, 0.2) is 33.0 Å². The molecular weight excluding hydrogens is 425 g/mol. The monoisotopic (exact) mass is 451 g/mol. The van der Waals surface area contributed by atoms with Crippen molar-refractivity contribution in [3.05, 3.63) is 35.4 Å². The largest absolute Gasteiger partial charge is 0.372 e. The molecule has 1 N–H and O–H groups in total. The highest BCUT2D eigenvalue weighted by Crippen LogP contribution is 2.48. The number of aliphatic imine (C=N–C) groups is 2. The van der Waals surface area contributed by atoms with Crippen LogP contribution in [0.1, 0.15) is 25.0 Å². The number of fused-ring (bicyclic) bond motifs is 5. The number of hydrogen-bond acceptors (Lipinski definition) is 8. The number of ether oxygens (including phenoxy) is 1. The summed E-state index contributed by atoms with van der Waals surface area (Å²) < 4.78 is 29.4. The molecule has 3 aliphatic heterocycles. The molecule has 3 aromatic rings. The molecule has 1 saturated heterocycles. The highest BCUT2D eigenvalue weighted by atomic mass is 19.1. The molecule has 4 atom stereocenters. The van der Waals surface area contributed by atoms with E-state index in [9.17, 15) is 0 Å². The van der Waals surface area contributed by atoms with Gasteiger partial charge in [0, 0.05) is 38.1 Å². The van der Waals surface area contributed by atoms with Crippen LogP contribution < -0.4 is 10.2 Å². The van der Waals surface area contributed by atoms with Gasteiger partial charge in [0.25, 0.3) is 0 Å². The van der Waals surface area contributed by atoms with Gasteiger partial charge in [-0.1, -0.05) is 5.16 Å². The van der Waals surface area contributed by atoms with E-state index in [-0.39, 0.29) is 35.1 Å². The second-order valence-corrected chi connectivity index (χ2v) is 9.38. The van der Waals surface area contributed by atoms with Crippen molar-refractivity contribution in [2.75, 3.05) is 23.3 Å². The lowest BCUT2D eigenvalue weighted by molar-refractivity contribution is -0.0507. The molecule has 10 heteroatoms. The van der Waals surface area contributed by atoms with Crippen molar-refractivity contribution in [2.45, 2.75) is 45.1 Å². The topological polar surface area (TPSA) is 93.1 Å². The Morgan fingerprint density at radius 1 is 1.33 bits per heavy atom. The van der Waals surface area contributed by atoms with E-state index in [1.165, 1.54) is 0 Å². The van der Waals surface area contributed by atoms with Crippen LogP contribution in [0.3, 0.4) is 0 Å². The van der Waals surface area contributed by atoms with Crippen LogP contribution >= 0.6 is 0 Å². The average molecular weight is 452 g/mol. The molecule has 1 spiro atoms. The van der Waals surface area contributed by atoms with Gasteiger partial charge in [-0.3, -0.25) is 9.67 Å². The number of benzene rings is 1. The van der Waals surface area contributed by atoms with Gasteiger partial charge in [-0.2, -0.15) is 5.10 Å². The fourth-order valence-corrected chi connectivity index (χ4v) is 5.75. The summed E-state index contributed by atoms with van der Waals surface area (Å²) in [5.74, 6) is 0.146. The number of nitrogens with zero attached hydrogens (tertiary/aromatic N) is 6. The minimum atomic E-state index is -0.373. The second kappa shape index (κ2) is 7.38. The van der Waals surface area contributed by atoms with Crippen LogP contribution in [0.2, 0.25) is 0 Å². The van der Waals surface area contributed by atoms with E-state index in [2.05, 4.69) is 37.4 Å². The standard InChI is InChI=1S/C23H26FN7O2/c1-13-8-31-19-16(5-23(10-25-12-26-11-23)21(31)14(2)32-13)4-17-20(18(19)24)33-29-22(17)27-6-15-7-28-30(3)9-15/h4,7,9-10,12-14,21H,5-6,8,11H2,1-3H3,(H,27,29). The summed E-state index contributed by atoms with van der Waals surface area (Å²) in [6.45, 7) is 5.77. The molecule has 3 aliphatic rings. The number of nitrogens with one attached hydrogen (secondary N) is 1. The molecule has 0 saturated carbocycles. The first kappa shape index (κ1) is 20.3. The van der Waals surface area contributed by atoms with Crippen molar-refractivity contribution in [2.24, 2.45) is 22.4 Å². The number of halogens is 1. The molecule has 0 aliphatic carbocycles. The number of rotatable bonds is 3. The Morgan fingerprint density at radius 3 is 2.97 bits per heavy atom. The molecule has 0 radical (unpaired) electrons. The molecular formula is C23H26FN7O2. The van der Waals surface area contributed by atoms with Gasteiger partial charge in [-0.05, 0) is 31.9 Å². The summed E-state index contributed by atoms with van der Waals surface area (Å²) in [7, 11) is 1.87. The molecule has 1 fully saturated rings. The van der Waals surface area contributed by atoms with Gasteiger partial charge in [0.1, 0.15) is 6.34 Å². The zero-order valence-electron chi connectivity index (χ0n) is 18.8. The lowest BCUT2D eigenvalue weighted by Gasteiger charge is -2.55. The lowest BCUT2D eigenvalue weighted by Crippen LogP contribution is -2.65. The second-order valence-electron chi connectivity index (χ2n) is 9.38. The highest BCUT2D eigenvalue weighted by Gasteiger charge is 2.52. The van der Waals surface area contributed by atoms with Crippen molar-refractivity contribution in [3.63, 3.8) is 0 Å². The predicted molar refractivity (Wildman–Crippen MR) is 124 cm³/mol. The van der Waals surface area contributed by atoms with Crippen molar-refractivity contribution in [1.82, 2.24) is 14.9 Å². The predicted octanol–water partition coefficient (Wildman–Crippen LogP) is 2.95. The molecule has 1 aromatic carbocycles. The first-order valence-corrected chi connectivity index (χ1v) is 11.2. The highest BCUT2D eigenvalue weighted by molar-refractivity contribution is 5.93. The third kappa shape index (κ3) is 3.15. The molecule has 172 valence electrons. The van der Waals surface area contributed by atoms with Crippen LogP contribution in [0.4, 0.5) is 15.9 Å². The van der Waals surface area contributed by atoms with Gasteiger partial charge in [-0.15, -0.1) is 0 Å². The van der Waals surface area contributed by atoms with Gasteiger partial charge in [0.05, 0.1) is 47.5 Å². The van der Waals surface area contributed by atoms with Crippen molar-refractivity contribution in [1.29, 1.82) is 0 Å². The third-order valence-corrected chi connectivity index (χ3v) is 6.92. The number of aromatic nitrogens is 3. The SMILES string of the molecule is CC1CN2c3c(cc4c(NCc5cnn(C)c5)noc4c3F)CC3(C=NC=NC3)C2C(C)O1. The molecule has 9 nitrogen and oxygen atoms in total. The molecule has 33 heavy (non-hydrogen) atoms. The van der Waals surface area contributed by atoms with Crippen LogP contribution in [0, 0.1) is 11.2 Å². The van der Waals surface area contributed by atoms with E-state index >= 15 is 4.39 Å². The average Bonchev–Trinajstić information content (AvgIpc) is 3.38. The van der Waals surface area contributed by atoms with E-state index in [4.69, 9.17) is 9.26 Å². The number of anilines is 2. The van der Waals surface area contributed by atoms with Crippen LogP contribution in [-0.2, 0) is 24.8 Å². The molecule has 6 rings (SSSR count). The van der Waals surface area contributed by atoms with Gasteiger partial charge >= 0.3 is 0 Å². The summed E-state index contributed by atoms with van der Waals surface area (Å²) in [4.78, 5) is 11.0. The summed E-state index contributed by atoms with van der Waals surface area (Å²) in [5, 5.41) is 12.2. The Hall–Kier alpha value is -3.27. The Morgan fingerprint density at radius 2 is 2.21 bits per heavy atom. The normalized spacial score (nSPS) is 28.4. The summed E-state index contributed by atoms with van der Waals surface area (Å²) >= 11 is 0. The first-order chi connectivity index (χ1) is 15.9. The maximum atomic E-state index is 16.0. The molecule has 4 unspecified atom stereocenters. The minimum absolute atomic E-state index is 0.0233. The zero-order valence-corrected chi connectivity index (χ0v) is 18.8. The van der Waals surface area contributed by atoms with E-state index in [0.29, 0.717) is 42.9 Å². The van der Waals surface area contributed by atoms with Gasteiger partial charge < -0.3 is 19.5 Å². The quantitative estimate of drug-likeness (QED) is 0.658. The van der Waals surface area contributed by atoms with Gasteiger partial charge in [-0.25, -0.2) is 9.38 Å². The maximum Gasteiger partial charge on any atom is 0.206 e. The minimum Gasteiger partial charge on any atom is -0.372 e. The fraction of sp³-hybridized carbons (Fsp3) is 0.478. The van der Waals surface area contributed by atoms with Gasteiger partial charge in [0.15, 0.2) is 11.6 Å². The lowest BCUT2D eigenvalue weighted by atomic mass is 9.69. The molecule has 5 heterocycles. The fourth-order valence-electron chi connectivity index (χ4n) is 5.75. The number of aryl methyl sites for hydroxylation is 1. The van der Waals surface area contributed by atoms with E-state index in [1.807, 2.05) is 32.4 Å². The molecule has 0 amide bonds. The maximum absolute atomic E-state index is 16.0. The molecule has 2 aromatic heterocycles. The first-order valence-electron chi connectivity index (χ1n) is 11.2. The van der Waals surface area contributed by atoms with Crippen LogP contribution in [-0.4, -0.2) is 58.8 Å². The smallest absolute Gasteiger partial charge is 0.206 e. The Bertz CT molecular complexity index is 1280. The summed E-state index contributed by atoms with van der Waals surface area (Å²) in [6, 6.07) is 1.94. The van der Waals surface area contributed by atoms with E-state index < -0.39 is 0 Å². The van der Waals surface area contributed by atoms with Crippen molar-refractivity contribution >= 4 is 35.0 Å². The zero-order chi connectivity index (χ0) is 22.7.